The molecule has 2 aromatic heterocycles. The van der Waals surface area contributed by atoms with Gasteiger partial charge in [-0.15, -0.1) is 0 Å². The van der Waals surface area contributed by atoms with Gasteiger partial charge in [-0.25, -0.2) is 9.97 Å². The van der Waals surface area contributed by atoms with Crippen LogP contribution < -0.4 is 11.1 Å². The van der Waals surface area contributed by atoms with Crippen molar-refractivity contribution in [2.24, 2.45) is 0 Å². The van der Waals surface area contributed by atoms with Crippen LogP contribution in [0.25, 0.3) is 34.0 Å². The van der Waals surface area contributed by atoms with Gasteiger partial charge < -0.3 is 15.6 Å². The molecule has 4 aromatic rings. The Morgan fingerprint density at radius 3 is 2.50 bits per heavy atom. The zero-order valence-electron chi connectivity index (χ0n) is 19.0. The van der Waals surface area contributed by atoms with Crippen LogP contribution in [-0.2, 0) is 6.54 Å². The van der Waals surface area contributed by atoms with Gasteiger partial charge >= 0.3 is 0 Å². The van der Waals surface area contributed by atoms with Gasteiger partial charge in [0, 0.05) is 31.8 Å². The molecule has 182 valence electrons. The zero-order chi connectivity index (χ0) is 24.5. The molecule has 0 bridgehead atoms. The fourth-order valence-electron chi connectivity index (χ4n) is 3.41. The lowest BCUT2D eigenvalue weighted by atomic mass is 10.1. The van der Waals surface area contributed by atoms with Crippen molar-refractivity contribution in [2.45, 2.75) is 30.5 Å². The molecule has 0 aliphatic heterocycles. The van der Waals surface area contributed by atoms with E-state index in [4.69, 9.17) is 21.9 Å². The van der Waals surface area contributed by atoms with Crippen LogP contribution in [0, 0.1) is 0 Å². The lowest BCUT2D eigenvalue weighted by Gasteiger charge is -2.36. The molecule has 8 nitrogen and oxygen atoms in total. The van der Waals surface area contributed by atoms with Crippen LogP contribution in [0.4, 0.5) is 5.82 Å². The number of anilines is 1. The van der Waals surface area contributed by atoms with Crippen LogP contribution in [-0.4, -0.2) is 36.5 Å². The summed E-state index contributed by atoms with van der Waals surface area (Å²) in [7, 11) is -0.987. The average molecular weight is 504 g/mol. The van der Waals surface area contributed by atoms with E-state index in [1.807, 2.05) is 25.2 Å². The smallest absolute Gasteiger partial charge is 0.189 e. The van der Waals surface area contributed by atoms with Gasteiger partial charge in [0.25, 0.3) is 0 Å². The van der Waals surface area contributed by atoms with Crippen LogP contribution in [0.15, 0.2) is 64.1 Å². The molecule has 34 heavy (non-hydrogen) atoms. The Morgan fingerprint density at radius 1 is 1.12 bits per heavy atom. The minimum Gasteiger partial charge on any atom is -0.382 e. The summed E-state index contributed by atoms with van der Waals surface area (Å²) in [5, 5.41) is 7.52. The normalized spacial score (nSPS) is 12.3. The van der Waals surface area contributed by atoms with Gasteiger partial charge in [-0.05, 0) is 44.7 Å². The van der Waals surface area contributed by atoms with Crippen LogP contribution >= 0.6 is 22.2 Å². The predicted molar refractivity (Wildman–Crippen MR) is 141 cm³/mol. The molecule has 2 heterocycles. The molecule has 5 N–H and O–H groups in total. The molecule has 10 heteroatoms. The first-order valence-electron chi connectivity index (χ1n) is 10.6. The summed E-state index contributed by atoms with van der Waals surface area (Å²) in [6, 6.07) is 14.4. The van der Waals surface area contributed by atoms with E-state index < -0.39 is 10.6 Å². The Labute approximate surface area is 207 Å². The number of hydrogen-bond acceptors (Lipinski definition) is 8. The molecule has 0 saturated heterocycles. The number of hydrogen-bond donors (Lipinski definition) is 4. The standard InChI is InChI=1S/C24H26ClN5O3S.2H2/c1-14(2)34(31,32)17-7-5-16(6-8-17)21-13-28-24(26)23(29-21)22-11-20(30-33-22)18-9-4-15(12-27-3)10-19(18)25;;/h4-11,13-14,27,31-32H,12H2,1-3H3,(H2,26,28);2*1H. The van der Waals surface area contributed by atoms with E-state index in [-0.39, 0.29) is 13.9 Å². The van der Waals surface area contributed by atoms with Crippen molar-refractivity contribution >= 4 is 28.0 Å². The molecule has 0 fully saturated rings. The Bertz CT molecular complexity index is 1320. The third-order valence-electron chi connectivity index (χ3n) is 5.39. The maximum Gasteiger partial charge on any atom is 0.189 e. The first-order chi connectivity index (χ1) is 16.2. The largest absolute Gasteiger partial charge is 0.382 e. The quantitative estimate of drug-likeness (QED) is 0.227. The fourth-order valence-corrected chi connectivity index (χ4v) is 4.79. The third-order valence-corrected chi connectivity index (χ3v) is 7.98. The monoisotopic (exact) mass is 503 g/mol. The second kappa shape index (κ2) is 9.73. The van der Waals surface area contributed by atoms with Gasteiger partial charge in [-0.1, -0.05) is 41.0 Å². The van der Waals surface area contributed by atoms with E-state index in [2.05, 4.69) is 20.4 Å². The Hall–Kier alpha value is -2.95. The second-order valence-corrected chi connectivity index (χ2v) is 11.1. The summed E-state index contributed by atoms with van der Waals surface area (Å²) >= 11 is 6.46. The average Bonchev–Trinajstić information content (AvgIpc) is 3.29. The molecule has 2 aromatic carbocycles. The number of nitrogen functional groups attached to an aromatic ring is 1. The number of rotatable bonds is 7. The number of aromatic nitrogens is 3. The summed E-state index contributed by atoms with van der Waals surface area (Å²) < 4.78 is 26.3. The van der Waals surface area contributed by atoms with Crippen molar-refractivity contribution in [3.63, 3.8) is 0 Å². The molecule has 0 saturated carbocycles. The number of benzene rings is 2. The number of nitrogens with two attached hydrogens (primary N) is 1. The van der Waals surface area contributed by atoms with Crippen LogP contribution in [0.5, 0.6) is 0 Å². The first-order valence-corrected chi connectivity index (χ1v) is 12.6. The van der Waals surface area contributed by atoms with Gasteiger partial charge in [0.05, 0.1) is 21.8 Å². The second-order valence-electron chi connectivity index (χ2n) is 8.08. The van der Waals surface area contributed by atoms with Gasteiger partial charge in [0.1, 0.15) is 5.69 Å². The summed E-state index contributed by atoms with van der Waals surface area (Å²) in [5.74, 6) is 0.565. The molecule has 0 radical (unpaired) electrons. The molecule has 0 aliphatic rings. The summed E-state index contributed by atoms with van der Waals surface area (Å²) in [4.78, 5) is 9.37. The Balaban J connectivity index is 0.00000228. The number of nitrogens with one attached hydrogen (secondary N) is 1. The van der Waals surface area contributed by atoms with Crippen LogP contribution in [0.1, 0.15) is 22.3 Å². The lowest BCUT2D eigenvalue weighted by Crippen LogP contribution is -2.10. The van der Waals surface area contributed by atoms with Crippen molar-refractivity contribution in [3.05, 3.63) is 65.3 Å². The van der Waals surface area contributed by atoms with Gasteiger partial charge in [0.15, 0.2) is 17.3 Å². The highest BCUT2D eigenvalue weighted by atomic mass is 35.5. The van der Waals surface area contributed by atoms with Crippen LogP contribution in [0.3, 0.4) is 0 Å². The molecule has 0 aliphatic carbocycles. The maximum atomic E-state index is 10.4. The first kappa shape index (κ1) is 24.2. The molecule has 0 unspecified atom stereocenters. The van der Waals surface area contributed by atoms with Gasteiger partial charge in [-0.3, -0.25) is 9.11 Å². The van der Waals surface area contributed by atoms with E-state index in [0.29, 0.717) is 39.3 Å². The molecule has 0 spiro atoms. The Morgan fingerprint density at radius 2 is 1.85 bits per heavy atom. The fraction of sp³-hybridized carbons (Fsp3) is 0.208. The highest BCUT2D eigenvalue weighted by molar-refractivity contribution is 8.24. The molecular weight excluding hydrogens is 474 g/mol. The van der Waals surface area contributed by atoms with Crippen LogP contribution in [0.2, 0.25) is 5.02 Å². The maximum absolute atomic E-state index is 10.4. The van der Waals surface area contributed by atoms with E-state index in [0.717, 1.165) is 16.7 Å². The molecular formula is C24H30ClN5O3S. The Kier molecular flexibility index (Phi) is 6.92. The highest BCUT2D eigenvalue weighted by Crippen LogP contribution is 2.52. The summed E-state index contributed by atoms with van der Waals surface area (Å²) in [5.41, 5.74) is 10.1. The van der Waals surface area contributed by atoms with Crippen molar-refractivity contribution in [1.29, 1.82) is 0 Å². The minimum absolute atomic E-state index is 0. The van der Waals surface area contributed by atoms with Crippen molar-refractivity contribution in [2.75, 3.05) is 12.8 Å². The molecule has 0 atom stereocenters. The molecule has 4 rings (SSSR count). The number of halogens is 1. The molecule has 0 amide bonds. The SMILES string of the molecule is CNCc1ccc(-c2cc(-c3nc(-c4ccc(S(O)(O)C(C)C)cc4)cnc3N)on2)c(Cl)c1.[HH].[HH]. The van der Waals surface area contributed by atoms with E-state index in [9.17, 15) is 9.11 Å². The van der Waals surface area contributed by atoms with Gasteiger partial charge in [-0.2, -0.15) is 10.6 Å². The third kappa shape index (κ3) is 4.79. The van der Waals surface area contributed by atoms with E-state index >= 15 is 0 Å². The highest BCUT2D eigenvalue weighted by Gasteiger charge is 2.21. The van der Waals surface area contributed by atoms with Crippen molar-refractivity contribution in [3.8, 4) is 34.0 Å². The van der Waals surface area contributed by atoms with Crippen molar-refractivity contribution in [1.82, 2.24) is 20.4 Å². The lowest BCUT2D eigenvalue weighted by molar-refractivity contribution is 0.434. The van der Waals surface area contributed by atoms with Gasteiger partial charge in [0.2, 0.25) is 0 Å². The number of nitrogens with zero attached hydrogens (tertiary/aromatic N) is 3. The van der Waals surface area contributed by atoms with Crippen molar-refractivity contribution < 1.29 is 16.5 Å². The zero-order valence-corrected chi connectivity index (χ0v) is 20.6. The topological polar surface area (TPSA) is 130 Å². The van der Waals surface area contributed by atoms with E-state index in [1.165, 1.54) is 0 Å². The summed E-state index contributed by atoms with van der Waals surface area (Å²) in [6.07, 6.45) is 1.56. The van der Waals surface area contributed by atoms with E-state index in [1.54, 1.807) is 50.4 Å². The minimum atomic E-state index is -2.86. The summed E-state index contributed by atoms with van der Waals surface area (Å²) in [6.45, 7) is 4.26. The predicted octanol–water partition coefficient (Wildman–Crippen LogP) is 6.43.